The average Bonchev–Trinajstić information content (AvgIpc) is 3.22. The molecule has 2 amide bonds. The van der Waals surface area contributed by atoms with E-state index in [1.807, 2.05) is 0 Å². The maximum atomic E-state index is 12.8. The molecule has 0 spiro atoms. The fourth-order valence-electron chi connectivity index (χ4n) is 3.12. The summed E-state index contributed by atoms with van der Waals surface area (Å²) in [5.41, 5.74) is 0.461. The first-order chi connectivity index (χ1) is 13.0. The highest BCUT2D eigenvalue weighted by atomic mass is 35.5. The Labute approximate surface area is 162 Å². The molecule has 1 aliphatic heterocycles. The Hall–Kier alpha value is -2.67. The summed E-state index contributed by atoms with van der Waals surface area (Å²) in [5.74, 6) is 0.459. The van der Waals surface area contributed by atoms with Crippen molar-refractivity contribution in [3.8, 4) is 11.5 Å². The normalized spacial score (nSPS) is 16.7. The standard InChI is InChI=1S/C19H21ClN2O5/c1-25-16-10-17(26-2)14(9-13(16)20)21-18(23)12-5-3-7-22(11-12)19(24)15-6-4-8-27-15/h4,6,8-10,12H,3,5,7,11H2,1-2H3,(H,21,23)/t12-/m0/s1. The Morgan fingerprint density at radius 3 is 2.70 bits per heavy atom. The molecule has 1 saturated heterocycles. The van der Waals surface area contributed by atoms with Crippen molar-refractivity contribution < 1.29 is 23.5 Å². The van der Waals surface area contributed by atoms with Crippen LogP contribution < -0.4 is 14.8 Å². The molecule has 0 saturated carbocycles. The van der Waals surface area contributed by atoms with Crippen LogP contribution in [0.5, 0.6) is 11.5 Å². The van der Waals surface area contributed by atoms with Gasteiger partial charge in [0.25, 0.3) is 5.91 Å². The molecular formula is C19H21ClN2O5. The lowest BCUT2D eigenvalue weighted by atomic mass is 9.96. The number of carbonyl (C=O) groups is 2. The zero-order valence-corrected chi connectivity index (χ0v) is 15.9. The lowest BCUT2D eigenvalue weighted by molar-refractivity contribution is -0.121. The fraction of sp³-hybridized carbons (Fsp3) is 0.368. The number of nitrogens with zero attached hydrogens (tertiary/aromatic N) is 1. The molecule has 1 atom stereocenters. The summed E-state index contributed by atoms with van der Waals surface area (Å²) < 4.78 is 15.6. The number of nitrogens with one attached hydrogen (secondary N) is 1. The van der Waals surface area contributed by atoms with Gasteiger partial charge in [0.15, 0.2) is 5.76 Å². The summed E-state index contributed by atoms with van der Waals surface area (Å²) in [6.45, 7) is 0.929. The van der Waals surface area contributed by atoms with Gasteiger partial charge in [0.05, 0.1) is 37.1 Å². The van der Waals surface area contributed by atoms with Crippen LogP contribution >= 0.6 is 11.6 Å². The van der Waals surface area contributed by atoms with Crippen molar-refractivity contribution in [2.75, 3.05) is 32.6 Å². The van der Waals surface area contributed by atoms with Crippen LogP contribution in [0, 0.1) is 5.92 Å². The van der Waals surface area contributed by atoms with E-state index in [1.54, 1.807) is 29.2 Å². The second-order valence-electron chi connectivity index (χ2n) is 6.24. The van der Waals surface area contributed by atoms with Crippen molar-refractivity contribution in [3.63, 3.8) is 0 Å². The van der Waals surface area contributed by atoms with Gasteiger partial charge in [-0.1, -0.05) is 11.6 Å². The van der Waals surface area contributed by atoms with E-state index in [-0.39, 0.29) is 23.5 Å². The summed E-state index contributed by atoms with van der Waals surface area (Å²) in [4.78, 5) is 26.8. The zero-order valence-electron chi connectivity index (χ0n) is 15.2. The second kappa shape index (κ2) is 8.35. The molecule has 2 heterocycles. The molecule has 1 N–H and O–H groups in total. The Morgan fingerprint density at radius 1 is 1.26 bits per heavy atom. The van der Waals surface area contributed by atoms with Gasteiger partial charge in [-0.3, -0.25) is 9.59 Å². The molecule has 1 aliphatic rings. The molecule has 8 heteroatoms. The van der Waals surface area contributed by atoms with Crippen LogP contribution in [-0.4, -0.2) is 44.0 Å². The Morgan fingerprint density at radius 2 is 2.04 bits per heavy atom. The summed E-state index contributed by atoms with van der Waals surface area (Å²) in [5, 5.41) is 3.22. The molecule has 27 heavy (non-hydrogen) atoms. The number of rotatable bonds is 5. The number of piperidine rings is 1. The van der Waals surface area contributed by atoms with Crippen molar-refractivity contribution in [1.82, 2.24) is 4.90 Å². The number of hydrogen-bond acceptors (Lipinski definition) is 5. The number of methoxy groups -OCH3 is 2. The van der Waals surface area contributed by atoms with Gasteiger partial charge in [0, 0.05) is 19.2 Å². The number of carbonyl (C=O) groups excluding carboxylic acids is 2. The van der Waals surface area contributed by atoms with Crippen LogP contribution in [-0.2, 0) is 4.79 Å². The second-order valence-corrected chi connectivity index (χ2v) is 6.65. The topological polar surface area (TPSA) is 81.0 Å². The highest BCUT2D eigenvalue weighted by Crippen LogP contribution is 2.36. The highest BCUT2D eigenvalue weighted by Gasteiger charge is 2.30. The number of likely N-dealkylation sites (tertiary alicyclic amines) is 1. The monoisotopic (exact) mass is 392 g/mol. The lowest BCUT2D eigenvalue weighted by Gasteiger charge is -2.31. The molecule has 0 bridgehead atoms. The number of hydrogen-bond donors (Lipinski definition) is 1. The molecule has 0 aliphatic carbocycles. The van der Waals surface area contributed by atoms with Gasteiger partial charge in [-0.05, 0) is 31.0 Å². The summed E-state index contributed by atoms with van der Waals surface area (Å²) >= 11 is 6.15. The van der Waals surface area contributed by atoms with Gasteiger partial charge in [-0.25, -0.2) is 0 Å². The highest BCUT2D eigenvalue weighted by molar-refractivity contribution is 6.32. The van der Waals surface area contributed by atoms with Crippen molar-refractivity contribution in [3.05, 3.63) is 41.3 Å². The Bertz CT molecular complexity index is 822. The van der Waals surface area contributed by atoms with Crippen LogP contribution in [0.1, 0.15) is 23.4 Å². The third kappa shape index (κ3) is 4.19. The van der Waals surface area contributed by atoms with E-state index in [9.17, 15) is 9.59 Å². The number of amides is 2. The number of furan rings is 1. The first-order valence-electron chi connectivity index (χ1n) is 8.58. The molecule has 1 aromatic carbocycles. The van der Waals surface area contributed by atoms with Gasteiger partial charge in [-0.2, -0.15) is 0 Å². The van der Waals surface area contributed by atoms with Crippen molar-refractivity contribution >= 4 is 29.1 Å². The molecule has 1 aromatic heterocycles. The number of anilines is 1. The summed E-state index contributed by atoms with van der Waals surface area (Å²) in [6.07, 6.45) is 2.89. The van der Waals surface area contributed by atoms with E-state index in [0.29, 0.717) is 41.7 Å². The minimum atomic E-state index is -0.330. The third-order valence-electron chi connectivity index (χ3n) is 4.54. The molecule has 7 nitrogen and oxygen atoms in total. The van der Waals surface area contributed by atoms with Crippen LogP contribution in [0.2, 0.25) is 5.02 Å². The molecule has 144 valence electrons. The van der Waals surface area contributed by atoms with Gasteiger partial charge >= 0.3 is 0 Å². The van der Waals surface area contributed by atoms with E-state index >= 15 is 0 Å². The zero-order chi connectivity index (χ0) is 19.4. The lowest BCUT2D eigenvalue weighted by Crippen LogP contribution is -2.43. The van der Waals surface area contributed by atoms with E-state index in [1.165, 1.54) is 20.5 Å². The maximum Gasteiger partial charge on any atom is 0.289 e. The number of ether oxygens (including phenoxy) is 2. The van der Waals surface area contributed by atoms with Crippen molar-refractivity contribution in [2.24, 2.45) is 5.92 Å². The van der Waals surface area contributed by atoms with Gasteiger partial charge in [0.1, 0.15) is 11.5 Å². The molecular weight excluding hydrogens is 372 g/mol. The first kappa shape index (κ1) is 19.1. The van der Waals surface area contributed by atoms with Crippen LogP contribution in [0.3, 0.4) is 0 Å². The summed E-state index contributed by atoms with van der Waals surface area (Å²) in [7, 11) is 3.01. The van der Waals surface area contributed by atoms with Crippen molar-refractivity contribution in [1.29, 1.82) is 0 Å². The molecule has 0 unspecified atom stereocenters. The van der Waals surface area contributed by atoms with E-state index in [2.05, 4.69) is 5.32 Å². The van der Waals surface area contributed by atoms with E-state index in [4.69, 9.17) is 25.5 Å². The predicted octanol–water partition coefficient (Wildman–Crippen LogP) is 3.44. The van der Waals surface area contributed by atoms with Crippen molar-refractivity contribution in [2.45, 2.75) is 12.8 Å². The Balaban J connectivity index is 1.71. The Kier molecular flexibility index (Phi) is 5.91. The van der Waals surface area contributed by atoms with E-state index in [0.717, 1.165) is 6.42 Å². The fourth-order valence-corrected chi connectivity index (χ4v) is 3.37. The molecule has 3 rings (SSSR count). The smallest absolute Gasteiger partial charge is 0.289 e. The SMILES string of the molecule is COc1cc(OC)c(NC(=O)[C@H]2CCCN(C(=O)c3ccco3)C2)cc1Cl. The van der Waals surface area contributed by atoms with Gasteiger partial charge in [0.2, 0.25) is 5.91 Å². The minimum absolute atomic E-state index is 0.188. The minimum Gasteiger partial charge on any atom is -0.495 e. The molecule has 2 aromatic rings. The van der Waals surface area contributed by atoms with Crippen LogP contribution in [0.25, 0.3) is 0 Å². The number of halogens is 1. The van der Waals surface area contributed by atoms with Gasteiger partial charge in [-0.15, -0.1) is 0 Å². The largest absolute Gasteiger partial charge is 0.495 e. The molecule has 0 radical (unpaired) electrons. The average molecular weight is 393 g/mol. The first-order valence-corrected chi connectivity index (χ1v) is 8.96. The predicted molar refractivity (Wildman–Crippen MR) is 101 cm³/mol. The number of benzene rings is 1. The maximum absolute atomic E-state index is 12.8. The quantitative estimate of drug-likeness (QED) is 0.842. The van der Waals surface area contributed by atoms with Gasteiger partial charge < -0.3 is 24.1 Å². The molecule has 1 fully saturated rings. The van der Waals surface area contributed by atoms with Crippen LogP contribution in [0.4, 0.5) is 5.69 Å². The third-order valence-corrected chi connectivity index (χ3v) is 4.84. The summed E-state index contributed by atoms with van der Waals surface area (Å²) in [6, 6.07) is 6.49. The van der Waals surface area contributed by atoms with E-state index < -0.39 is 0 Å². The van der Waals surface area contributed by atoms with Crippen LogP contribution in [0.15, 0.2) is 34.9 Å².